The van der Waals surface area contributed by atoms with E-state index in [9.17, 15) is 0 Å². The molecule has 0 saturated heterocycles. The first kappa shape index (κ1) is 43.5. The smallest absolute Gasteiger partial charge is 0.164 e. The molecule has 0 spiro atoms. The Hall–Kier alpha value is -8.41. The molecule has 0 radical (unpaired) electrons. The van der Waals surface area contributed by atoms with E-state index in [1.165, 1.54) is 71.5 Å². The highest BCUT2D eigenvalue weighted by Crippen LogP contribution is 2.51. The summed E-state index contributed by atoms with van der Waals surface area (Å²) >= 11 is 0. The number of aromatic nitrogens is 5. The normalized spacial score (nSPS) is 12.3. The molecule has 0 atom stereocenters. The van der Waals surface area contributed by atoms with E-state index in [1.54, 1.807) is 0 Å². The predicted octanol–water partition coefficient (Wildman–Crippen LogP) is 16.9. The van der Waals surface area contributed by atoms with E-state index in [2.05, 4.69) is 199 Å². The van der Waals surface area contributed by atoms with E-state index < -0.39 is 0 Å². The molecule has 0 aliphatic heterocycles. The van der Waals surface area contributed by atoms with Gasteiger partial charge < -0.3 is 9.13 Å². The number of rotatable bonds is 6. The summed E-state index contributed by atoms with van der Waals surface area (Å²) in [5, 5.41) is 4.91. The van der Waals surface area contributed by atoms with Crippen LogP contribution in [-0.4, -0.2) is 24.1 Å². The second kappa shape index (κ2) is 16.8. The van der Waals surface area contributed by atoms with Gasteiger partial charge in [0.25, 0.3) is 0 Å². The van der Waals surface area contributed by atoms with Crippen LogP contribution >= 0.6 is 0 Å². The molecular formula is C63H53N5. The van der Waals surface area contributed by atoms with Crippen molar-refractivity contribution in [3.8, 4) is 67.8 Å². The maximum absolute atomic E-state index is 5.12. The lowest BCUT2D eigenvalue weighted by Crippen LogP contribution is -2.14. The van der Waals surface area contributed by atoms with E-state index in [4.69, 9.17) is 15.0 Å². The van der Waals surface area contributed by atoms with Crippen molar-refractivity contribution < 1.29 is 0 Å². The molecule has 330 valence electrons. The molecule has 1 aliphatic carbocycles. The van der Waals surface area contributed by atoms with Gasteiger partial charge in [-0.25, -0.2) is 15.0 Å². The van der Waals surface area contributed by atoms with E-state index >= 15 is 0 Å². The predicted molar refractivity (Wildman–Crippen MR) is 288 cm³/mol. The molecule has 12 aromatic rings. The molecule has 13 rings (SSSR count). The van der Waals surface area contributed by atoms with Crippen molar-refractivity contribution in [2.45, 2.75) is 41.5 Å². The van der Waals surface area contributed by atoms with Gasteiger partial charge in [-0.2, -0.15) is 0 Å². The second-order valence-corrected chi connectivity index (χ2v) is 17.6. The first-order valence-corrected chi connectivity index (χ1v) is 22.3. The van der Waals surface area contributed by atoms with Gasteiger partial charge in [0.2, 0.25) is 0 Å². The molecule has 3 heterocycles. The zero-order valence-corrected chi connectivity index (χ0v) is 35.9. The van der Waals surface area contributed by atoms with Gasteiger partial charge in [-0.15, -0.1) is 0 Å². The van der Waals surface area contributed by atoms with Crippen molar-refractivity contribution in [3.63, 3.8) is 0 Å². The van der Waals surface area contributed by atoms with Crippen LogP contribution < -0.4 is 0 Å². The third-order valence-corrected chi connectivity index (χ3v) is 13.6. The van der Waals surface area contributed by atoms with Crippen molar-refractivity contribution in [1.82, 2.24) is 24.1 Å². The van der Waals surface area contributed by atoms with Crippen molar-refractivity contribution in [2.75, 3.05) is 0 Å². The second-order valence-electron chi connectivity index (χ2n) is 17.6. The Morgan fingerprint density at radius 3 is 1.56 bits per heavy atom. The lowest BCUT2D eigenvalue weighted by molar-refractivity contribution is 0.661. The Kier molecular flexibility index (Phi) is 10.7. The average Bonchev–Trinajstić information content (AvgIpc) is 3.96. The minimum Gasteiger partial charge on any atom is -0.309 e. The molecular weight excluding hydrogens is 827 g/mol. The van der Waals surface area contributed by atoms with Crippen LogP contribution in [0.2, 0.25) is 0 Å². The summed E-state index contributed by atoms with van der Waals surface area (Å²) in [5.74, 6) is 1.91. The van der Waals surface area contributed by atoms with Gasteiger partial charge in [0.05, 0.1) is 22.1 Å². The van der Waals surface area contributed by atoms with E-state index in [0.29, 0.717) is 17.5 Å². The monoisotopic (exact) mass is 879 g/mol. The van der Waals surface area contributed by atoms with Gasteiger partial charge in [0.15, 0.2) is 17.5 Å². The molecule has 0 amide bonds. The highest BCUT2D eigenvalue weighted by atomic mass is 15.0. The van der Waals surface area contributed by atoms with E-state index in [0.717, 1.165) is 33.6 Å². The van der Waals surface area contributed by atoms with Crippen molar-refractivity contribution in [3.05, 3.63) is 223 Å². The van der Waals surface area contributed by atoms with Crippen LogP contribution in [0.4, 0.5) is 0 Å². The zero-order chi connectivity index (χ0) is 43.2. The topological polar surface area (TPSA) is 48.5 Å². The first-order chi connectivity index (χ1) is 32.0. The Bertz CT molecular complexity index is 3790. The average molecular weight is 880 g/mol. The summed E-state index contributed by atoms with van der Waals surface area (Å²) in [6.45, 7) is 4.72. The summed E-state index contributed by atoms with van der Waals surface area (Å²) in [4.78, 5) is 15.2. The summed E-state index contributed by atoms with van der Waals surface area (Å²) in [6, 6.07) is 76.1. The summed E-state index contributed by atoms with van der Waals surface area (Å²) < 4.78 is 4.84. The summed E-state index contributed by atoms with van der Waals surface area (Å²) in [6.07, 6.45) is 0. The third-order valence-electron chi connectivity index (χ3n) is 13.6. The number of hydrogen-bond donors (Lipinski definition) is 0. The maximum atomic E-state index is 5.12. The van der Waals surface area contributed by atoms with Crippen molar-refractivity contribution in [1.29, 1.82) is 0 Å². The number of fused-ring (bicyclic) bond motifs is 9. The maximum Gasteiger partial charge on any atom is 0.164 e. The SMILES string of the molecule is C.C.C.CC1(C)c2ccccc2-c2cc3c4cc(-c5cccc6c5c5ccccc5n6-c5ccccc5)ccc4n(-c4cccc(-c5nc(-c6ccccc6)nc(-c6ccccc6)n5)c4)c3cc21. The highest BCUT2D eigenvalue weighted by Gasteiger charge is 2.36. The van der Waals surface area contributed by atoms with Crippen LogP contribution in [0.3, 0.4) is 0 Å². The molecule has 5 nitrogen and oxygen atoms in total. The Morgan fingerprint density at radius 1 is 0.324 bits per heavy atom. The standard InChI is InChI=1S/C60H41N5.3CH4/c1-60(2)50-29-14-12-26-45(50)47-36-49-48-35-40(44-28-17-31-54-56(44)46-27-13-15-30-52(46)64(54)42-23-10-5-11-24-42)32-33-53(48)65(55(49)37-51(47)60)43-25-16-22-41(34-43)59-62-57(38-18-6-3-7-19-38)61-58(63-59)39-20-8-4-9-21-39;;;/h3-37H,1-2H3;3*1H4. The van der Waals surface area contributed by atoms with Crippen LogP contribution in [0, 0.1) is 0 Å². The zero-order valence-electron chi connectivity index (χ0n) is 35.9. The molecule has 1 aliphatic rings. The number of nitrogens with zero attached hydrogens (tertiary/aromatic N) is 5. The van der Waals surface area contributed by atoms with Crippen LogP contribution in [0.5, 0.6) is 0 Å². The van der Waals surface area contributed by atoms with Crippen molar-refractivity contribution in [2.24, 2.45) is 0 Å². The fourth-order valence-electron chi connectivity index (χ4n) is 10.5. The quantitative estimate of drug-likeness (QED) is 0.167. The van der Waals surface area contributed by atoms with Crippen LogP contribution in [0.15, 0.2) is 212 Å². The third kappa shape index (κ3) is 6.65. The van der Waals surface area contributed by atoms with Crippen molar-refractivity contribution >= 4 is 43.6 Å². The van der Waals surface area contributed by atoms with Crippen LogP contribution in [0.1, 0.15) is 47.3 Å². The van der Waals surface area contributed by atoms with Crippen LogP contribution in [-0.2, 0) is 5.41 Å². The Morgan fingerprint density at radius 2 is 0.838 bits per heavy atom. The molecule has 9 aromatic carbocycles. The fraction of sp³-hybridized carbons (Fsp3) is 0.0952. The minimum absolute atomic E-state index is 0. The van der Waals surface area contributed by atoms with Gasteiger partial charge in [-0.05, 0) is 94.0 Å². The Balaban J connectivity index is 0.00000180. The van der Waals surface area contributed by atoms with Gasteiger partial charge >= 0.3 is 0 Å². The number of para-hydroxylation sites is 2. The van der Waals surface area contributed by atoms with Gasteiger partial charge in [-0.1, -0.05) is 188 Å². The summed E-state index contributed by atoms with van der Waals surface area (Å²) in [5.41, 5.74) is 17.2. The lowest BCUT2D eigenvalue weighted by Gasteiger charge is -2.21. The number of hydrogen-bond acceptors (Lipinski definition) is 3. The molecule has 0 saturated carbocycles. The first-order valence-electron chi connectivity index (χ1n) is 22.3. The molecule has 68 heavy (non-hydrogen) atoms. The molecule has 0 fully saturated rings. The van der Waals surface area contributed by atoms with E-state index in [-0.39, 0.29) is 27.7 Å². The lowest BCUT2D eigenvalue weighted by atomic mass is 9.82. The molecule has 5 heteroatoms. The van der Waals surface area contributed by atoms with E-state index in [1.807, 2.05) is 36.4 Å². The minimum atomic E-state index is -0.163. The largest absolute Gasteiger partial charge is 0.309 e. The van der Waals surface area contributed by atoms with Gasteiger partial charge in [0, 0.05) is 55.0 Å². The molecule has 0 N–H and O–H groups in total. The molecule has 3 aromatic heterocycles. The van der Waals surface area contributed by atoms with Crippen LogP contribution in [0.25, 0.3) is 111 Å². The Labute approximate surface area is 398 Å². The molecule has 0 bridgehead atoms. The number of benzene rings is 9. The van der Waals surface area contributed by atoms with Gasteiger partial charge in [0.1, 0.15) is 0 Å². The fourth-order valence-corrected chi connectivity index (χ4v) is 10.5. The molecule has 0 unspecified atom stereocenters. The van der Waals surface area contributed by atoms with Gasteiger partial charge in [-0.3, -0.25) is 0 Å². The highest BCUT2D eigenvalue weighted by molar-refractivity contribution is 6.18. The summed E-state index contributed by atoms with van der Waals surface area (Å²) in [7, 11) is 0.